The van der Waals surface area contributed by atoms with Crippen molar-refractivity contribution in [3.63, 3.8) is 0 Å². The molecule has 7 nitrogen and oxygen atoms in total. The number of anilines is 1. The molecule has 20 heavy (non-hydrogen) atoms. The molecule has 1 aromatic heterocycles. The number of aryl methyl sites for hydroxylation is 1. The van der Waals surface area contributed by atoms with Crippen LogP contribution >= 0.6 is 11.3 Å². The number of hydrogen-bond donors (Lipinski definition) is 1. The number of likely N-dealkylation sites (N-methyl/N-ethyl adjacent to an activating group) is 1. The molecule has 1 aliphatic heterocycles. The van der Waals surface area contributed by atoms with Gasteiger partial charge < -0.3 is 10.2 Å². The summed E-state index contributed by atoms with van der Waals surface area (Å²) in [5.74, 6) is -0.375. The Hall–Kier alpha value is -1.96. The van der Waals surface area contributed by atoms with E-state index >= 15 is 0 Å². The van der Waals surface area contributed by atoms with Crippen LogP contribution in [-0.2, 0) is 9.59 Å². The van der Waals surface area contributed by atoms with Crippen LogP contribution in [0.15, 0.2) is 5.38 Å². The van der Waals surface area contributed by atoms with Crippen molar-refractivity contribution in [3.8, 4) is 0 Å². The molecule has 0 aliphatic carbocycles. The largest absolute Gasteiger partial charge is 0.326 e. The minimum Gasteiger partial charge on any atom is -0.318 e. The van der Waals surface area contributed by atoms with Crippen molar-refractivity contribution < 1.29 is 14.4 Å². The van der Waals surface area contributed by atoms with Gasteiger partial charge in [-0.1, -0.05) is 0 Å². The van der Waals surface area contributed by atoms with Gasteiger partial charge in [0.1, 0.15) is 6.54 Å². The number of imide groups is 1. The molecular weight excluding hydrogens is 280 g/mol. The van der Waals surface area contributed by atoms with E-state index in [4.69, 9.17) is 0 Å². The monoisotopic (exact) mass is 296 g/mol. The number of nitrogens with zero attached hydrogens (tertiary/aromatic N) is 3. The third-order valence-corrected chi connectivity index (χ3v) is 3.76. The Morgan fingerprint density at radius 3 is 2.80 bits per heavy atom. The van der Waals surface area contributed by atoms with Gasteiger partial charge >= 0.3 is 6.03 Å². The Morgan fingerprint density at radius 1 is 1.50 bits per heavy atom. The fourth-order valence-electron chi connectivity index (χ4n) is 1.88. The lowest BCUT2D eigenvalue weighted by molar-refractivity contribution is -0.125. The Balaban J connectivity index is 1.74. The summed E-state index contributed by atoms with van der Waals surface area (Å²) in [6.07, 6.45) is 0.695. The van der Waals surface area contributed by atoms with E-state index in [0.29, 0.717) is 11.6 Å². The van der Waals surface area contributed by atoms with Gasteiger partial charge in [-0.2, -0.15) is 0 Å². The molecule has 2 rings (SSSR count). The molecule has 0 unspecified atom stereocenters. The van der Waals surface area contributed by atoms with Crippen molar-refractivity contribution in [1.29, 1.82) is 0 Å². The minimum absolute atomic E-state index is 0.115. The second kappa shape index (κ2) is 6.00. The summed E-state index contributed by atoms with van der Waals surface area (Å²) in [4.78, 5) is 41.5. The third-order valence-electron chi connectivity index (χ3n) is 2.88. The predicted octanol–water partition coefficient (Wildman–Crippen LogP) is 1.06. The number of aromatic nitrogens is 1. The van der Waals surface area contributed by atoms with Gasteiger partial charge in [0.05, 0.1) is 5.69 Å². The molecule has 4 amide bonds. The highest BCUT2D eigenvalue weighted by atomic mass is 32.1. The summed E-state index contributed by atoms with van der Waals surface area (Å²) >= 11 is 1.37. The molecule has 1 aliphatic rings. The Morgan fingerprint density at radius 2 is 2.25 bits per heavy atom. The van der Waals surface area contributed by atoms with Gasteiger partial charge in [0, 0.05) is 25.4 Å². The molecular formula is C12H16N4O3S. The first-order chi connectivity index (χ1) is 9.47. The van der Waals surface area contributed by atoms with Crippen LogP contribution in [0.25, 0.3) is 0 Å². The first-order valence-electron chi connectivity index (χ1n) is 6.25. The maximum absolute atomic E-state index is 11.7. The number of nitrogens with one attached hydrogen (secondary N) is 1. The Bertz CT molecular complexity index is 543. The fraction of sp³-hybridized carbons (Fsp3) is 0.500. The standard InChI is InChI=1S/C12H16N4O3S/c1-8-7-20-11(13-8)14-9(17)4-3-5-16-10(18)6-15(2)12(16)19/h7H,3-6H2,1-2H3,(H,13,14,17). The molecule has 108 valence electrons. The molecule has 8 heteroatoms. The third kappa shape index (κ3) is 3.32. The number of carbonyl (C=O) groups excluding carboxylic acids is 3. The predicted molar refractivity (Wildman–Crippen MR) is 74.5 cm³/mol. The number of amides is 4. The quantitative estimate of drug-likeness (QED) is 0.824. The first-order valence-corrected chi connectivity index (χ1v) is 7.13. The van der Waals surface area contributed by atoms with E-state index in [-0.39, 0.29) is 37.4 Å². The van der Waals surface area contributed by atoms with Gasteiger partial charge in [0.15, 0.2) is 5.13 Å². The molecule has 1 N–H and O–H groups in total. The molecule has 1 fully saturated rings. The van der Waals surface area contributed by atoms with Crippen LogP contribution < -0.4 is 5.32 Å². The maximum atomic E-state index is 11.7. The summed E-state index contributed by atoms with van der Waals surface area (Å²) in [6.45, 7) is 2.24. The first kappa shape index (κ1) is 14.4. The van der Waals surface area contributed by atoms with Gasteiger partial charge in [0.25, 0.3) is 0 Å². The van der Waals surface area contributed by atoms with E-state index in [1.54, 1.807) is 7.05 Å². The molecule has 0 spiro atoms. The minimum atomic E-state index is -0.300. The fourth-order valence-corrected chi connectivity index (χ4v) is 2.58. The summed E-state index contributed by atoms with van der Waals surface area (Å²) in [7, 11) is 1.58. The zero-order valence-corrected chi connectivity index (χ0v) is 12.2. The van der Waals surface area contributed by atoms with Gasteiger partial charge in [-0.25, -0.2) is 9.78 Å². The average molecular weight is 296 g/mol. The number of hydrogen-bond acceptors (Lipinski definition) is 5. The van der Waals surface area contributed by atoms with E-state index in [9.17, 15) is 14.4 Å². The Labute approximate surface area is 120 Å². The van der Waals surface area contributed by atoms with Crippen LogP contribution in [0.5, 0.6) is 0 Å². The second-order valence-corrected chi connectivity index (χ2v) is 5.49. The second-order valence-electron chi connectivity index (χ2n) is 4.63. The average Bonchev–Trinajstić information content (AvgIpc) is 2.88. The van der Waals surface area contributed by atoms with Crippen LogP contribution in [-0.4, -0.2) is 52.8 Å². The smallest absolute Gasteiger partial charge is 0.318 e. The summed E-state index contributed by atoms with van der Waals surface area (Å²) in [6, 6.07) is -0.300. The maximum Gasteiger partial charge on any atom is 0.326 e. The van der Waals surface area contributed by atoms with Crippen LogP contribution in [0, 0.1) is 6.92 Å². The van der Waals surface area contributed by atoms with Crippen LogP contribution in [0.1, 0.15) is 18.5 Å². The van der Waals surface area contributed by atoms with Crippen molar-refractivity contribution in [2.75, 3.05) is 25.5 Å². The van der Waals surface area contributed by atoms with Crippen LogP contribution in [0.4, 0.5) is 9.93 Å². The highest BCUT2D eigenvalue weighted by Gasteiger charge is 2.32. The van der Waals surface area contributed by atoms with Gasteiger partial charge in [0.2, 0.25) is 11.8 Å². The highest BCUT2D eigenvalue weighted by Crippen LogP contribution is 2.15. The van der Waals surface area contributed by atoms with Gasteiger partial charge in [-0.3, -0.25) is 14.5 Å². The van der Waals surface area contributed by atoms with Crippen LogP contribution in [0.3, 0.4) is 0 Å². The molecule has 1 saturated heterocycles. The summed E-state index contributed by atoms with van der Waals surface area (Å²) in [5.41, 5.74) is 0.863. The van der Waals surface area contributed by atoms with Crippen molar-refractivity contribution in [3.05, 3.63) is 11.1 Å². The number of rotatable bonds is 5. The van der Waals surface area contributed by atoms with E-state index in [1.807, 2.05) is 12.3 Å². The lowest BCUT2D eigenvalue weighted by Crippen LogP contribution is -2.32. The number of urea groups is 1. The SMILES string of the molecule is Cc1csc(NC(=O)CCCN2C(=O)CN(C)C2=O)n1. The molecule has 0 radical (unpaired) electrons. The normalized spacial score (nSPS) is 15.1. The zero-order valence-electron chi connectivity index (χ0n) is 11.4. The zero-order chi connectivity index (χ0) is 14.7. The summed E-state index contributed by atoms with van der Waals surface area (Å²) < 4.78 is 0. The molecule has 0 aromatic carbocycles. The van der Waals surface area contributed by atoms with Gasteiger partial charge in [-0.15, -0.1) is 11.3 Å². The van der Waals surface area contributed by atoms with E-state index < -0.39 is 0 Å². The van der Waals surface area contributed by atoms with Crippen molar-refractivity contribution in [2.24, 2.45) is 0 Å². The van der Waals surface area contributed by atoms with Crippen molar-refractivity contribution in [1.82, 2.24) is 14.8 Å². The Kier molecular flexibility index (Phi) is 4.33. The molecule has 2 heterocycles. The lowest BCUT2D eigenvalue weighted by atomic mass is 10.3. The lowest BCUT2D eigenvalue weighted by Gasteiger charge is -2.13. The molecule has 0 bridgehead atoms. The van der Waals surface area contributed by atoms with Crippen LogP contribution in [0.2, 0.25) is 0 Å². The number of thiazole rings is 1. The topological polar surface area (TPSA) is 82.6 Å². The van der Waals surface area contributed by atoms with E-state index in [0.717, 1.165) is 5.69 Å². The van der Waals surface area contributed by atoms with Crippen molar-refractivity contribution in [2.45, 2.75) is 19.8 Å². The van der Waals surface area contributed by atoms with E-state index in [1.165, 1.54) is 21.1 Å². The van der Waals surface area contributed by atoms with Crippen molar-refractivity contribution >= 4 is 34.3 Å². The molecule has 1 aromatic rings. The molecule has 0 atom stereocenters. The summed E-state index contributed by atoms with van der Waals surface area (Å²) in [5, 5.41) is 5.11. The highest BCUT2D eigenvalue weighted by molar-refractivity contribution is 7.13. The van der Waals surface area contributed by atoms with E-state index in [2.05, 4.69) is 10.3 Å². The molecule has 0 saturated carbocycles. The number of carbonyl (C=O) groups is 3. The van der Waals surface area contributed by atoms with Gasteiger partial charge in [-0.05, 0) is 13.3 Å².